The van der Waals surface area contributed by atoms with Crippen molar-refractivity contribution in [1.29, 1.82) is 0 Å². The largest absolute Gasteiger partial charge is 0.755 e. The highest BCUT2D eigenvalue weighted by Gasteiger charge is 2.44. The zero-order valence-corrected chi connectivity index (χ0v) is 21.5. The second-order valence-electron chi connectivity index (χ2n) is 9.77. The van der Waals surface area contributed by atoms with Gasteiger partial charge in [0.25, 0.3) is 0 Å². The minimum absolute atomic E-state index is 0.0643. The third kappa shape index (κ3) is 4.77. The first kappa shape index (κ1) is 26.4. The lowest BCUT2D eigenvalue weighted by Crippen LogP contribution is -2.26. The van der Waals surface area contributed by atoms with E-state index in [9.17, 15) is 27.4 Å². The molecule has 0 aliphatic carbocycles. The van der Waals surface area contributed by atoms with Crippen molar-refractivity contribution in [2.45, 2.75) is 32.5 Å². The van der Waals surface area contributed by atoms with E-state index in [1.807, 2.05) is 0 Å². The van der Waals surface area contributed by atoms with Crippen LogP contribution in [0.4, 0.5) is 24.5 Å². The number of hydrogen-bond donors (Lipinski definition) is 1. The van der Waals surface area contributed by atoms with Crippen molar-refractivity contribution >= 4 is 39.5 Å². The van der Waals surface area contributed by atoms with Crippen molar-refractivity contribution in [2.75, 3.05) is 4.31 Å². The zero-order chi connectivity index (χ0) is 28.3. The van der Waals surface area contributed by atoms with Crippen LogP contribution < -0.4 is 13.8 Å². The van der Waals surface area contributed by atoms with Crippen LogP contribution in [0.1, 0.15) is 36.7 Å². The van der Waals surface area contributed by atoms with Crippen molar-refractivity contribution < 1.29 is 41.3 Å². The number of fused-ring (bicyclic) bond motifs is 2. The van der Waals surface area contributed by atoms with Gasteiger partial charge in [0, 0.05) is 23.2 Å². The molecule has 0 fully saturated rings. The van der Waals surface area contributed by atoms with E-state index in [1.54, 1.807) is 32.9 Å². The van der Waals surface area contributed by atoms with Gasteiger partial charge < -0.3 is 19.1 Å². The Bertz CT molecular complexity index is 1670. The minimum Gasteiger partial charge on any atom is -0.755 e. The van der Waals surface area contributed by atoms with Crippen LogP contribution in [-0.4, -0.2) is 31.1 Å². The smallest absolute Gasteiger partial charge is 0.586 e. The molecule has 4 aromatic rings. The van der Waals surface area contributed by atoms with E-state index in [0.29, 0.717) is 10.9 Å². The van der Waals surface area contributed by atoms with Crippen LogP contribution in [0.15, 0.2) is 60.8 Å². The van der Waals surface area contributed by atoms with Gasteiger partial charge in [-0.05, 0) is 46.9 Å². The highest BCUT2D eigenvalue weighted by Crippen LogP contribution is 2.50. The molecule has 1 unspecified atom stereocenters. The van der Waals surface area contributed by atoms with Crippen LogP contribution in [0.2, 0.25) is 0 Å². The Labute approximate surface area is 223 Å². The van der Waals surface area contributed by atoms with Crippen LogP contribution >= 0.6 is 0 Å². The second kappa shape index (κ2) is 9.24. The molecule has 0 saturated heterocycles. The lowest BCUT2D eigenvalue weighted by atomic mass is 9.86. The summed E-state index contributed by atoms with van der Waals surface area (Å²) in [5, 5.41) is 9.91. The molecule has 12 heteroatoms. The van der Waals surface area contributed by atoms with Crippen LogP contribution in [0.25, 0.3) is 22.0 Å². The molecule has 202 valence electrons. The van der Waals surface area contributed by atoms with E-state index < -0.39 is 40.5 Å². The fourth-order valence-corrected chi connectivity index (χ4v) is 5.09. The first-order valence-corrected chi connectivity index (χ1v) is 12.5. The molecule has 1 atom stereocenters. The molecule has 2 heterocycles. The maximum absolute atomic E-state index is 15.1. The monoisotopic (exact) mass is 557 g/mol. The zero-order valence-electron chi connectivity index (χ0n) is 20.7. The SMILES string of the molecule is CC(C)(C)c1ccc(N(c2cc3c(cc2-c2ccc(C(=O)O)c4ncccc24)OC(F)(F)O3)S(=O)[O-])cc1F. The number of aromatic carboxylic acids is 1. The number of benzene rings is 3. The Hall–Kier alpha value is -4.16. The molecule has 39 heavy (non-hydrogen) atoms. The van der Waals surface area contributed by atoms with Crippen LogP contribution in [0.5, 0.6) is 11.5 Å². The molecule has 1 aliphatic heterocycles. The summed E-state index contributed by atoms with van der Waals surface area (Å²) in [6.45, 7) is 5.39. The number of carboxylic acids is 1. The lowest BCUT2D eigenvalue weighted by molar-refractivity contribution is -0.286. The molecule has 8 nitrogen and oxygen atoms in total. The average Bonchev–Trinajstić information content (AvgIpc) is 3.14. The average molecular weight is 558 g/mol. The van der Waals surface area contributed by atoms with Gasteiger partial charge in [-0.15, -0.1) is 8.78 Å². The molecule has 0 spiro atoms. The third-order valence-electron chi connectivity index (χ3n) is 6.17. The van der Waals surface area contributed by atoms with E-state index in [0.717, 1.165) is 22.5 Å². The van der Waals surface area contributed by atoms with Gasteiger partial charge in [-0.3, -0.25) is 13.5 Å². The second-order valence-corrected chi connectivity index (χ2v) is 10.6. The Balaban J connectivity index is 1.80. The van der Waals surface area contributed by atoms with Gasteiger partial charge in [0.15, 0.2) is 11.5 Å². The van der Waals surface area contributed by atoms with E-state index in [2.05, 4.69) is 14.5 Å². The maximum atomic E-state index is 15.1. The molecule has 0 amide bonds. The van der Waals surface area contributed by atoms with Gasteiger partial charge in [0.1, 0.15) is 5.82 Å². The molecular formula is C27H20F3N2O6S-. The summed E-state index contributed by atoms with van der Waals surface area (Å²) in [6, 6.07) is 11.9. The van der Waals surface area contributed by atoms with Crippen molar-refractivity contribution in [2.24, 2.45) is 0 Å². The number of anilines is 2. The third-order valence-corrected chi connectivity index (χ3v) is 6.88. The Morgan fingerprint density at radius 2 is 1.74 bits per heavy atom. The fraction of sp³-hybridized carbons (Fsp3) is 0.185. The van der Waals surface area contributed by atoms with Gasteiger partial charge >= 0.3 is 12.3 Å². The first-order chi connectivity index (χ1) is 18.3. The summed E-state index contributed by atoms with van der Waals surface area (Å²) in [6.07, 6.45) is -2.62. The quantitative estimate of drug-likeness (QED) is 0.287. The summed E-state index contributed by atoms with van der Waals surface area (Å²) in [4.78, 5) is 15.9. The van der Waals surface area contributed by atoms with Crippen molar-refractivity contribution in [3.05, 3.63) is 77.7 Å². The number of alkyl halides is 2. The van der Waals surface area contributed by atoms with E-state index in [-0.39, 0.29) is 39.3 Å². The van der Waals surface area contributed by atoms with E-state index >= 15 is 4.39 Å². The molecule has 1 N–H and O–H groups in total. The van der Waals surface area contributed by atoms with Gasteiger partial charge in [-0.2, -0.15) is 0 Å². The lowest BCUT2D eigenvalue weighted by Gasteiger charge is -2.30. The molecule has 0 radical (unpaired) electrons. The van der Waals surface area contributed by atoms with Crippen LogP contribution in [0, 0.1) is 5.82 Å². The summed E-state index contributed by atoms with van der Waals surface area (Å²) in [5.41, 5.74) is -0.202. The highest BCUT2D eigenvalue weighted by atomic mass is 32.2. The number of carboxylic acid groups (broad SMARTS) is 1. The maximum Gasteiger partial charge on any atom is 0.586 e. The normalized spacial score (nSPS) is 14.8. The number of pyridine rings is 1. The van der Waals surface area contributed by atoms with Gasteiger partial charge in [-0.1, -0.05) is 39.0 Å². The van der Waals surface area contributed by atoms with Crippen molar-refractivity contribution in [1.82, 2.24) is 4.98 Å². The molecule has 3 aromatic carbocycles. The van der Waals surface area contributed by atoms with E-state index in [1.165, 1.54) is 30.5 Å². The summed E-state index contributed by atoms with van der Waals surface area (Å²) < 4.78 is 78.2. The molecular weight excluding hydrogens is 537 g/mol. The Morgan fingerprint density at radius 3 is 2.36 bits per heavy atom. The van der Waals surface area contributed by atoms with Gasteiger partial charge in [0.05, 0.1) is 33.7 Å². The molecule has 0 bridgehead atoms. The molecule has 1 aromatic heterocycles. The topological polar surface area (TPSA) is 112 Å². The summed E-state index contributed by atoms with van der Waals surface area (Å²) in [7, 11) is 0. The first-order valence-electron chi connectivity index (χ1n) is 11.5. The van der Waals surface area contributed by atoms with Crippen LogP contribution in [-0.2, 0) is 16.7 Å². The standard InChI is InChI=1S/C27H21F3N2O6S/c1-26(2,3)19-9-6-14(11-20(19)28)32(39(35)36)21-13-23-22(37-27(29,30)38-23)12-18(21)15-7-8-17(25(33)34)24-16(15)5-4-10-31-24/h4-13H,1-3H3,(H,33,34)(H,35,36)/p-1. The summed E-state index contributed by atoms with van der Waals surface area (Å²) >= 11 is -3.06. The minimum atomic E-state index is -4.00. The predicted molar refractivity (Wildman–Crippen MR) is 137 cm³/mol. The van der Waals surface area contributed by atoms with E-state index in [4.69, 9.17) is 0 Å². The fourth-order valence-electron chi connectivity index (χ4n) is 4.49. The number of nitrogens with zero attached hydrogens (tertiary/aromatic N) is 2. The number of rotatable bonds is 5. The molecule has 1 aliphatic rings. The molecule has 5 rings (SSSR count). The van der Waals surface area contributed by atoms with Crippen molar-refractivity contribution in [3.8, 4) is 22.6 Å². The Kier molecular flexibility index (Phi) is 6.27. The Morgan fingerprint density at radius 1 is 1.05 bits per heavy atom. The van der Waals surface area contributed by atoms with Crippen molar-refractivity contribution in [3.63, 3.8) is 0 Å². The highest BCUT2D eigenvalue weighted by molar-refractivity contribution is 7.81. The van der Waals surface area contributed by atoms with Crippen LogP contribution in [0.3, 0.4) is 0 Å². The number of aromatic nitrogens is 1. The number of ether oxygens (including phenoxy) is 2. The number of hydrogen-bond acceptors (Lipinski definition) is 6. The number of carbonyl (C=O) groups is 1. The predicted octanol–water partition coefficient (Wildman–Crippen LogP) is 6.29. The molecule has 0 saturated carbocycles. The van der Waals surface area contributed by atoms with Gasteiger partial charge in [-0.25, -0.2) is 9.18 Å². The van der Waals surface area contributed by atoms with Gasteiger partial charge in [0.2, 0.25) is 0 Å². The number of halogens is 3. The summed E-state index contributed by atoms with van der Waals surface area (Å²) in [5.74, 6) is -2.72.